The molecular weight excluding hydrogens is 384 g/mol. The van der Waals surface area contributed by atoms with Crippen LogP contribution in [0, 0.1) is 11.8 Å². The molecule has 154 valence electrons. The maximum Gasteiger partial charge on any atom is 0.306 e. The maximum absolute atomic E-state index is 12.3. The van der Waals surface area contributed by atoms with Crippen molar-refractivity contribution in [2.45, 2.75) is 26.7 Å². The summed E-state index contributed by atoms with van der Waals surface area (Å²) in [6.07, 6.45) is 0.406. The first kappa shape index (κ1) is 21.9. The molecule has 28 heavy (non-hydrogen) atoms. The Hall–Kier alpha value is -2.42. The highest BCUT2D eigenvalue weighted by Crippen LogP contribution is 2.22. The Morgan fingerprint density at radius 1 is 1.21 bits per heavy atom. The summed E-state index contributed by atoms with van der Waals surface area (Å²) in [4.78, 5) is 36.2. The van der Waals surface area contributed by atoms with Crippen LogP contribution in [0.25, 0.3) is 0 Å². The van der Waals surface area contributed by atoms with E-state index in [0.717, 1.165) is 0 Å². The molecule has 0 bridgehead atoms. The highest BCUT2D eigenvalue weighted by atomic mass is 32.2. The van der Waals surface area contributed by atoms with Crippen LogP contribution in [-0.4, -0.2) is 50.9 Å². The number of anilines is 1. The summed E-state index contributed by atoms with van der Waals surface area (Å²) in [6, 6.07) is 6.56. The number of hydrogen-bond donors (Lipinski definition) is 2. The highest BCUT2D eigenvalue weighted by Gasteiger charge is 2.30. The molecule has 1 heterocycles. The van der Waals surface area contributed by atoms with Crippen LogP contribution < -0.4 is 10.6 Å². The summed E-state index contributed by atoms with van der Waals surface area (Å²) in [5.41, 5.74) is 0.644. The molecule has 1 atom stereocenters. The molecule has 0 spiro atoms. The SMILES string of the molecule is CC(C)CNC(=O)c1ccccc1NC(=O)COC(=O)C[C@@H]1CCS(=O)(=O)C1. The van der Waals surface area contributed by atoms with Gasteiger partial charge in [-0.3, -0.25) is 14.4 Å². The Balaban J connectivity index is 1.84. The van der Waals surface area contributed by atoms with Gasteiger partial charge in [-0.05, 0) is 30.4 Å². The van der Waals surface area contributed by atoms with E-state index in [-0.39, 0.29) is 29.8 Å². The zero-order valence-electron chi connectivity index (χ0n) is 16.1. The normalized spacial score (nSPS) is 17.9. The predicted octanol–water partition coefficient (Wildman–Crippen LogP) is 1.38. The monoisotopic (exact) mass is 410 g/mol. The molecule has 2 rings (SSSR count). The van der Waals surface area contributed by atoms with Gasteiger partial charge in [0, 0.05) is 13.0 Å². The summed E-state index contributed by atoms with van der Waals surface area (Å²) >= 11 is 0. The van der Waals surface area contributed by atoms with Crippen molar-refractivity contribution in [2.24, 2.45) is 11.8 Å². The van der Waals surface area contributed by atoms with Crippen molar-refractivity contribution in [3.05, 3.63) is 29.8 Å². The van der Waals surface area contributed by atoms with Crippen LogP contribution in [-0.2, 0) is 24.2 Å². The number of para-hydroxylation sites is 1. The fraction of sp³-hybridized carbons (Fsp3) is 0.526. The van der Waals surface area contributed by atoms with Gasteiger partial charge in [0.05, 0.1) is 22.8 Å². The second-order valence-electron chi connectivity index (χ2n) is 7.33. The number of sulfone groups is 1. The van der Waals surface area contributed by atoms with E-state index in [9.17, 15) is 22.8 Å². The van der Waals surface area contributed by atoms with Gasteiger partial charge >= 0.3 is 5.97 Å². The average Bonchev–Trinajstić information content (AvgIpc) is 2.96. The van der Waals surface area contributed by atoms with E-state index in [1.807, 2.05) is 13.8 Å². The molecule has 1 aliphatic heterocycles. The molecule has 2 amide bonds. The third kappa shape index (κ3) is 6.95. The highest BCUT2D eigenvalue weighted by molar-refractivity contribution is 7.91. The predicted molar refractivity (Wildman–Crippen MR) is 105 cm³/mol. The molecule has 1 saturated heterocycles. The minimum absolute atomic E-state index is 0.0207. The van der Waals surface area contributed by atoms with Crippen LogP contribution in [0.4, 0.5) is 5.69 Å². The Labute approximate surface area is 164 Å². The molecule has 1 fully saturated rings. The van der Waals surface area contributed by atoms with Crippen LogP contribution in [0.3, 0.4) is 0 Å². The molecule has 8 nitrogen and oxygen atoms in total. The third-order valence-corrected chi connectivity index (χ3v) is 6.10. The van der Waals surface area contributed by atoms with Crippen LogP contribution in [0.2, 0.25) is 0 Å². The van der Waals surface area contributed by atoms with Gasteiger partial charge in [-0.2, -0.15) is 0 Å². The van der Waals surface area contributed by atoms with Gasteiger partial charge < -0.3 is 15.4 Å². The van der Waals surface area contributed by atoms with Gasteiger partial charge in [-0.25, -0.2) is 8.42 Å². The van der Waals surface area contributed by atoms with Crippen LogP contribution in [0.5, 0.6) is 0 Å². The number of nitrogens with one attached hydrogen (secondary N) is 2. The van der Waals surface area contributed by atoms with Gasteiger partial charge in [0.2, 0.25) is 0 Å². The molecular formula is C19H26N2O6S. The van der Waals surface area contributed by atoms with Crippen molar-refractivity contribution in [2.75, 3.05) is 30.0 Å². The van der Waals surface area contributed by atoms with E-state index in [1.54, 1.807) is 24.3 Å². The Kier molecular flexibility index (Phi) is 7.56. The van der Waals surface area contributed by atoms with Crippen LogP contribution in [0.15, 0.2) is 24.3 Å². The molecule has 1 aliphatic rings. The largest absolute Gasteiger partial charge is 0.456 e. The minimum atomic E-state index is -3.06. The van der Waals surface area contributed by atoms with E-state index in [4.69, 9.17) is 4.74 Å². The van der Waals surface area contributed by atoms with Crippen molar-refractivity contribution >= 4 is 33.3 Å². The lowest BCUT2D eigenvalue weighted by molar-refractivity contribution is -0.148. The van der Waals surface area contributed by atoms with Crippen LogP contribution in [0.1, 0.15) is 37.0 Å². The van der Waals surface area contributed by atoms with Gasteiger partial charge in [-0.1, -0.05) is 26.0 Å². The number of hydrogen-bond acceptors (Lipinski definition) is 6. The first-order chi connectivity index (χ1) is 13.2. The number of carbonyl (C=O) groups is 3. The van der Waals surface area contributed by atoms with Gasteiger partial charge in [0.1, 0.15) is 0 Å². The molecule has 0 aromatic heterocycles. The van der Waals surface area contributed by atoms with Crippen molar-refractivity contribution < 1.29 is 27.5 Å². The molecule has 1 aromatic carbocycles. The van der Waals surface area contributed by atoms with Crippen LogP contribution >= 0.6 is 0 Å². The quantitative estimate of drug-likeness (QED) is 0.625. The molecule has 0 aliphatic carbocycles. The summed E-state index contributed by atoms with van der Waals surface area (Å²) in [5.74, 6) is -1.39. The summed E-state index contributed by atoms with van der Waals surface area (Å²) < 4.78 is 27.8. The molecule has 0 saturated carbocycles. The average molecular weight is 410 g/mol. The lowest BCUT2D eigenvalue weighted by atomic mass is 10.1. The zero-order chi connectivity index (χ0) is 20.7. The van der Waals surface area contributed by atoms with E-state index >= 15 is 0 Å². The summed E-state index contributed by atoms with van der Waals surface area (Å²) in [6.45, 7) is 3.96. The Morgan fingerprint density at radius 2 is 1.93 bits per heavy atom. The Morgan fingerprint density at radius 3 is 2.57 bits per heavy atom. The fourth-order valence-corrected chi connectivity index (χ4v) is 4.70. The first-order valence-corrected chi connectivity index (χ1v) is 11.0. The second-order valence-corrected chi connectivity index (χ2v) is 9.56. The zero-order valence-corrected chi connectivity index (χ0v) is 16.9. The number of amides is 2. The van der Waals surface area contributed by atoms with Gasteiger partial charge in [0.15, 0.2) is 16.4 Å². The van der Waals surface area contributed by atoms with Crippen molar-refractivity contribution in [1.29, 1.82) is 0 Å². The number of benzene rings is 1. The summed E-state index contributed by atoms with van der Waals surface area (Å²) in [5, 5.41) is 5.35. The van der Waals surface area contributed by atoms with Gasteiger partial charge in [0.25, 0.3) is 11.8 Å². The van der Waals surface area contributed by atoms with Crippen molar-refractivity contribution in [3.8, 4) is 0 Å². The lowest BCUT2D eigenvalue weighted by Gasteiger charge is -2.13. The van der Waals surface area contributed by atoms with Gasteiger partial charge in [-0.15, -0.1) is 0 Å². The topological polar surface area (TPSA) is 119 Å². The molecule has 9 heteroatoms. The lowest BCUT2D eigenvalue weighted by Crippen LogP contribution is -2.29. The van der Waals surface area contributed by atoms with E-state index in [0.29, 0.717) is 30.1 Å². The van der Waals surface area contributed by atoms with E-state index in [2.05, 4.69) is 10.6 Å². The molecule has 0 unspecified atom stereocenters. The maximum atomic E-state index is 12.3. The number of ether oxygens (including phenoxy) is 1. The summed E-state index contributed by atoms with van der Waals surface area (Å²) in [7, 11) is -3.06. The Bertz CT molecular complexity index is 835. The molecule has 1 aromatic rings. The number of esters is 1. The number of rotatable bonds is 8. The molecule has 2 N–H and O–H groups in total. The van der Waals surface area contributed by atoms with E-state index < -0.39 is 28.3 Å². The van der Waals surface area contributed by atoms with Crippen molar-refractivity contribution in [3.63, 3.8) is 0 Å². The standard InChI is InChI=1S/C19H26N2O6S/c1-13(2)10-20-19(24)15-5-3-4-6-16(15)21-17(22)11-27-18(23)9-14-7-8-28(25,26)12-14/h3-6,13-14H,7-12H2,1-2H3,(H,20,24)(H,21,22)/t14-/m0/s1. The van der Waals surface area contributed by atoms with E-state index in [1.165, 1.54) is 0 Å². The third-order valence-electron chi connectivity index (χ3n) is 4.26. The number of carbonyl (C=O) groups excluding carboxylic acids is 3. The minimum Gasteiger partial charge on any atom is -0.456 e. The molecule has 0 radical (unpaired) electrons. The first-order valence-electron chi connectivity index (χ1n) is 9.19. The fourth-order valence-electron chi connectivity index (χ4n) is 2.84. The van der Waals surface area contributed by atoms with Crippen molar-refractivity contribution in [1.82, 2.24) is 5.32 Å². The second kappa shape index (κ2) is 9.68. The smallest absolute Gasteiger partial charge is 0.306 e.